The highest BCUT2D eigenvalue weighted by Gasteiger charge is 2.18. The molecule has 0 radical (unpaired) electrons. The SMILES string of the molecule is Cc1oc(NC(=O)COC(=O)c2ccc(C)n2C)c(C#N)c1C. The molecule has 7 heteroatoms. The van der Waals surface area contributed by atoms with Gasteiger partial charge in [0.1, 0.15) is 23.1 Å². The lowest BCUT2D eigenvalue weighted by atomic mass is 10.2. The molecular weight excluding hydrogens is 298 g/mol. The Hall–Kier alpha value is -3.01. The number of amides is 1. The molecule has 2 aromatic rings. The second-order valence-electron chi connectivity index (χ2n) is 5.14. The van der Waals surface area contributed by atoms with Gasteiger partial charge in [-0.1, -0.05) is 0 Å². The Bertz CT molecular complexity index is 808. The lowest BCUT2D eigenvalue weighted by Gasteiger charge is -2.06. The number of rotatable bonds is 4. The summed E-state index contributed by atoms with van der Waals surface area (Å²) in [5.74, 6) is -0.552. The van der Waals surface area contributed by atoms with Gasteiger partial charge < -0.3 is 13.7 Å². The summed E-state index contributed by atoms with van der Waals surface area (Å²) >= 11 is 0. The summed E-state index contributed by atoms with van der Waals surface area (Å²) in [7, 11) is 1.74. The minimum Gasteiger partial charge on any atom is -0.451 e. The number of carbonyl (C=O) groups excluding carboxylic acids is 2. The van der Waals surface area contributed by atoms with Crippen LogP contribution in [0.3, 0.4) is 0 Å². The molecule has 1 amide bonds. The van der Waals surface area contributed by atoms with E-state index in [4.69, 9.17) is 14.4 Å². The molecule has 120 valence electrons. The van der Waals surface area contributed by atoms with Gasteiger partial charge in [0.25, 0.3) is 5.91 Å². The first-order valence-electron chi connectivity index (χ1n) is 6.94. The van der Waals surface area contributed by atoms with E-state index < -0.39 is 18.5 Å². The quantitative estimate of drug-likeness (QED) is 0.872. The maximum absolute atomic E-state index is 11.9. The average molecular weight is 315 g/mol. The van der Waals surface area contributed by atoms with Gasteiger partial charge in [-0.15, -0.1) is 0 Å². The molecule has 2 aromatic heterocycles. The number of aryl methyl sites for hydroxylation is 2. The number of nitriles is 1. The number of carbonyl (C=O) groups is 2. The first kappa shape index (κ1) is 16.4. The smallest absolute Gasteiger partial charge is 0.355 e. The number of ether oxygens (including phenoxy) is 1. The fraction of sp³-hybridized carbons (Fsp3) is 0.312. The molecule has 0 bridgehead atoms. The summed E-state index contributed by atoms with van der Waals surface area (Å²) in [4.78, 5) is 23.8. The van der Waals surface area contributed by atoms with Crippen LogP contribution in [0.5, 0.6) is 0 Å². The van der Waals surface area contributed by atoms with Gasteiger partial charge in [-0.2, -0.15) is 5.26 Å². The minimum atomic E-state index is -0.594. The molecule has 0 saturated heterocycles. The Morgan fingerprint density at radius 1 is 1.35 bits per heavy atom. The molecule has 7 nitrogen and oxygen atoms in total. The van der Waals surface area contributed by atoms with Crippen molar-refractivity contribution < 1.29 is 18.7 Å². The lowest BCUT2D eigenvalue weighted by Crippen LogP contribution is -2.22. The Balaban J connectivity index is 1.99. The molecule has 0 atom stereocenters. The summed E-state index contributed by atoms with van der Waals surface area (Å²) in [6, 6.07) is 5.38. The third kappa shape index (κ3) is 3.26. The van der Waals surface area contributed by atoms with E-state index in [-0.39, 0.29) is 11.4 Å². The van der Waals surface area contributed by atoms with E-state index in [1.165, 1.54) is 0 Å². The van der Waals surface area contributed by atoms with Crippen molar-refractivity contribution in [1.29, 1.82) is 5.26 Å². The standard InChI is InChI=1S/C16H17N3O4/c1-9-5-6-13(19(9)4)16(21)22-8-14(20)18-15-12(7-17)10(2)11(3)23-15/h5-6H,8H2,1-4H3,(H,18,20). The predicted molar refractivity (Wildman–Crippen MR) is 82.0 cm³/mol. The number of nitrogens with zero attached hydrogens (tertiary/aromatic N) is 2. The molecule has 0 saturated carbocycles. The fourth-order valence-corrected chi connectivity index (χ4v) is 2.04. The van der Waals surface area contributed by atoms with Gasteiger partial charge in [-0.3, -0.25) is 10.1 Å². The third-order valence-electron chi connectivity index (χ3n) is 3.67. The van der Waals surface area contributed by atoms with E-state index in [1.54, 1.807) is 37.6 Å². The van der Waals surface area contributed by atoms with Gasteiger partial charge in [0.05, 0.1) is 0 Å². The molecule has 0 aliphatic carbocycles. The number of nitrogens with one attached hydrogen (secondary N) is 1. The number of furan rings is 1. The maximum atomic E-state index is 11.9. The zero-order valence-corrected chi connectivity index (χ0v) is 13.4. The Morgan fingerprint density at radius 2 is 2.04 bits per heavy atom. The van der Waals surface area contributed by atoms with Gasteiger partial charge in [0.15, 0.2) is 6.61 Å². The van der Waals surface area contributed by atoms with E-state index in [0.29, 0.717) is 17.0 Å². The number of hydrogen-bond acceptors (Lipinski definition) is 5. The number of anilines is 1. The third-order valence-corrected chi connectivity index (χ3v) is 3.67. The highest BCUT2D eigenvalue weighted by Crippen LogP contribution is 2.25. The lowest BCUT2D eigenvalue weighted by molar-refractivity contribution is -0.119. The van der Waals surface area contributed by atoms with E-state index >= 15 is 0 Å². The van der Waals surface area contributed by atoms with Crippen molar-refractivity contribution in [3.05, 3.63) is 40.4 Å². The van der Waals surface area contributed by atoms with Gasteiger partial charge in [-0.05, 0) is 32.9 Å². The largest absolute Gasteiger partial charge is 0.451 e. The monoisotopic (exact) mass is 315 g/mol. The van der Waals surface area contributed by atoms with Gasteiger partial charge in [0.2, 0.25) is 5.88 Å². The zero-order valence-electron chi connectivity index (χ0n) is 13.4. The first-order valence-corrected chi connectivity index (χ1v) is 6.94. The van der Waals surface area contributed by atoms with Gasteiger partial charge in [-0.25, -0.2) is 4.79 Å². The van der Waals surface area contributed by atoms with Gasteiger partial charge >= 0.3 is 5.97 Å². The van der Waals surface area contributed by atoms with E-state index in [2.05, 4.69) is 5.32 Å². The highest BCUT2D eigenvalue weighted by molar-refractivity contribution is 5.95. The summed E-state index contributed by atoms with van der Waals surface area (Å²) in [5.41, 5.74) is 2.19. The molecule has 0 fully saturated rings. The van der Waals surface area contributed by atoms with Crippen molar-refractivity contribution in [2.24, 2.45) is 7.05 Å². The highest BCUT2D eigenvalue weighted by atomic mass is 16.5. The predicted octanol–water partition coefficient (Wildman–Crippen LogP) is 2.21. The van der Waals surface area contributed by atoms with Gasteiger partial charge in [0, 0.05) is 18.3 Å². The molecule has 0 aliphatic heterocycles. The Morgan fingerprint density at radius 3 is 2.61 bits per heavy atom. The van der Waals surface area contributed by atoms with Crippen LogP contribution in [0, 0.1) is 32.1 Å². The van der Waals surface area contributed by atoms with Crippen LogP contribution in [0.2, 0.25) is 0 Å². The Kier molecular flexibility index (Phi) is 4.55. The molecule has 2 rings (SSSR count). The van der Waals surface area contributed by atoms with E-state index in [0.717, 1.165) is 5.69 Å². The molecule has 2 heterocycles. The van der Waals surface area contributed by atoms with Crippen LogP contribution >= 0.6 is 0 Å². The van der Waals surface area contributed by atoms with Crippen molar-refractivity contribution in [3.63, 3.8) is 0 Å². The normalized spacial score (nSPS) is 10.2. The van der Waals surface area contributed by atoms with Crippen LogP contribution in [-0.4, -0.2) is 23.1 Å². The Labute approximate surface area is 133 Å². The topological polar surface area (TPSA) is 97.3 Å². The number of esters is 1. The first-order chi connectivity index (χ1) is 10.8. The second-order valence-corrected chi connectivity index (χ2v) is 5.14. The van der Waals surface area contributed by atoms with E-state index in [1.807, 2.05) is 13.0 Å². The molecule has 0 unspecified atom stereocenters. The van der Waals surface area contributed by atoms with Crippen LogP contribution in [0.4, 0.5) is 5.88 Å². The molecular formula is C16H17N3O4. The minimum absolute atomic E-state index is 0.0678. The summed E-state index contributed by atoms with van der Waals surface area (Å²) in [6.07, 6.45) is 0. The van der Waals surface area contributed by atoms with Crippen LogP contribution in [-0.2, 0) is 16.6 Å². The molecule has 0 spiro atoms. The molecule has 23 heavy (non-hydrogen) atoms. The van der Waals surface area contributed by atoms with Crippen LogP contribution in [0.15, 0.2) is 16.5 Å². The summed E-state index contributed by atoms with van der Waals surface area (Å²) in [6.45, 7) is 4.82. The number of hydrogen-bond donors (Lipinski definition) is 1. The summed E-state index contributed by atoms with van der Waals surface area (Å²) < 4.78 is 12.0. The molecule has 0 aliphatic rings. The van der Waals surface area contributed by atoms with Crippen LogP contribution in [0.25, 0.3) is 0 Å². The van der Waals surface area contributed by atoms with Crippen molar-refractivity contribution in [1.82, 2.24) is 4.57 Å². The van der Waals surface area contributed by atoms with Crippen LogP contribution in [0.1, 0.15) is 33.1 Å². The molecule has 0 aromatic carbocycles. The maximum Gasteiger partial charge on any atom is 0.355 e. The fourth-order valence-electron chi connectivity index (χ4n) is 2.04. The van der Waals surface area contributed by atoms with Crippen LogP contribution < -0.4 is 5.32 Å². The second kappa shape index (κ2) is 6.40. The van der Waals surface area contributed by atoms with E-state index in [9.17, 15) is 9.59 Å². The number of aromatic nitrogens is 1. The van der Waals surface area contributed by atoms with Crippen molar-refractivity contribution in [3.8, 4) is 6.07 Å². The van der Waals surface area contributed by atoms with Crippen molar-refractivity contribution in [2.75, 3.05) is 11.9 Å². The molecule has 1 N–H and O–H groups in total. The van der Waals surface area contributed by atoms with Crippen molar-refractivity contribution in [2.45, 2.75) is 20.8 Å². The summed E-state index contributed by atoms with van der Waals surface area (Å²) in [5, 5.41) is 11.5. The zero-order chi connectivity index (χ0) is 17.1. The van der Waals surface area contributed by atoms with Crippen molar-refractivity contribution >= 4 is 17.8 Å². The average Bonchev–Trinajstić information content (AvgIpc) is 2.97.